The monoisotopic (exact) mass is 429 g/mol. The maximum absolute atomic E-state index is 12.2. The number of carbonyl (C=O) groups excluding carboxylic acids is 1. The fourth-order valence-electron chi connectivity index (χ4n) is 4.03. The van der Waals surface area contributed by atoms with Crippen molar-refractivity contribution in [2.75, 3.05) is 13.2 Å². The fourth-order valence-corrected chi connectivity index (χ4v) is 4.85. The molecule has 1 N–H and O–H groups in total. The predicted octanol–water partition coefficient (Wildman–Crippen LogP) is 6.37. The minimum Gasteiger partial charge on any atom is -0.449 e. The highest BCUT2D eigenvalue weighted by molar-refractivity contribution is 7.10. The number of rotatable bonds is 7. The highest BCUT2D eigenvalue weighted by Gasteiger charge is 2.28. The number of hydrogen-bond acceptors (Lipinski definition) is 3. The number of carbonyl (C=O) groups is 1. The Morgan fingerprint density at radius 1 is 1.06 bits per heavy atom. The van der Waals surface area contributed by atoms with Crippen molar-refractivity contribution in [1.29, 1.82) is 0 Å². The molecule has 1 heterocycles. The first-order valence-corrected chi connectivity index (χ1v) is 11.8. The van der Waals surface area contributed by atoms with Crippen molar-refractivity contribution in [3.05, 3.63) is 81.5 Å². The molecule has 0 unspecified atom stereocenters. The van der Waals surface area contributed by atoms with Crippen molar-refractivity contribution >= 4 is 17.4 Å². The first-order chi connectivity index (χ1) is 15.3. The normalized spacial score (nSPS) is 11.9. The van der Waals surface area contributed by atoms with Gasteiger partial charge in [0.15, 0.2) is 0 Å². The van der Waals surface area contributed by atoms with E-state index in [4.69, 9.17) is 4.74 Å². The van der Waals surface area contributed by atoms with Crippen LogP contribution in [-0.4, -0.2) is 19.2 Å². The van der Waals surface area contributed by atoms with E-state index >= 15 is 0 Å². The van der Waals surface area contributed by atoms with Crippen LogP contribution in [0.3, 0.4) is 0 Å². The number of thiophene rings is 1. The molecule has 2 aromatic carbocycles. The van der Waals surface area contributed by atoms with Gasteiger partial charge in [-0.2, -0.15) is 0 Å². The Labute approximate surface area is 188 Å². The molecule has 0 spiro atoms. The lowest BCUT2D eigenvalue weighted by atomic mass is 9.98. The van der Waals surface area contributed by atoms with Crippen LogP contribution in [0.4, 0.5) is 4.79 Å². The van der Waals surface area contributed by atoms with Gasteiger partial charge in [-0.05, 0) is 52.1 Å². The quantitative estimate of drug-likeness (QED) is 0.350. The summed E-state index contributed by atoms with van der Waals surface area (Å²) in [7, 11) is 0. The van der Waals surface area contributed by atoms with E-state index in [9.17, 15) is 4.79 Å². The zero-order valence-corrected chi connectivity index (χ0v) is 18.6. The first-order valence-electron chi connectivity index (χ1n) is 10.9. The molecule has 0 atom stereocenters. The second-order valence-corrected chi connectivity index (χ2v) is 8.60. The lowest BCUT2D eigenvalue weighted by molar-refractivity contribution is 0.143. The van der Waals surface area contributed by atoms with Gasteiger partial charge in [-0.1, -0.05) is 73.7 Å². The third kappa shape index (κ3) is 5.00. The van der Waals surface area contributed by atoms with Gasteiger partial charge in [0.1, 0.15) is 6.61 Å². The van der Waals surface area contributed by atoms with E-state index in [-0.39, 0.29) is 12.0 Å². The van der Waals surface area contributed by atoms with Gasteiger partial charge in [-0.15, -0.1) is 11.3 Å². The van der Waals surface area contributed by atoms with Crippen LogP contribution in [-0.2, 0) is 11.2 Å². The van der Waals surface area contributed by atoms with Crippen LogP contribution in [0.15, 0.2) is 60.0 Å². The summed E-state index contributed by atoms with van der Waals surface area (Å²) in [6.07, 6.45) is 3.68. The van der Waals surface area contributed by atoms with Gasteiger partial charge >= 0.3 is 6.09 Å². The molecular formula is C27H27NO2S. The zero-order valence-electron chi connectivity index (χ0n) is 17.8. The largest absolute Gasteiger partial charge is 0.449 e. The molecule has 4 heteroatoms. The van der Waals surface area contributed by atoms with Crippen LogP contribution in [0.1, 0.15) is 53.7 Å². The van der Waals surface area contributed by atoms with Crippen LogP contribution < -0.4 is 5.32 Å². The summed E-state index contributed by atoms with van der Waals surface area (Å²) in [6, 6.07) is 18.9. The standard InChI is InChI=1S/C27H27NO2S/c1-2-3-10-20-16-18-31-26(20)15-8-9-17-28-27(29)30-19-25-23-13-6-4-11-21(23)22-12-5-7-14-24(22)25/h4-7,11-14,16,18,25H,2-3,9-10,17,19H2,1H3,(H,28,29). The summed E-state index contributed by atoms with van der Waals surface area (Å²) in [5, 5.41) is 4.92. The number of alkyl carbamates (subject to hydrolysis) is 1. The molecule has 0 radical (unpaired) electrons. The summed E-state index contributed by atoms with van der Waals surface area (Å²) < 4.78 is 5.56. The van der Waals surface area contributed by atoms with Crippen LogP contribution in [0.25, 0.3) is 11.1 Å². The predicted molar refractivity (Wildman–Crippen MR) is 127 cm³/mol. The molecule has 0 aliphatic heterocycles. The number of aryl methyl sites for hydroxylation is 1. The van der Waals surface area contributed by atoms with E-state index in [0.717, 1.165) is 11.3 Å². The highest BCUT2D eigenvalue weighted by Crippen LogP contribution is 2.44. The molecule has 0 saturated heterocycles. The van der Waals surface area contributed by atoms with Crippen LogP contribution >= 0.6 is 11.3 Å². The Bertz CT molecular complexity index is 1060. The molecule has 158 valence electrons. The molecule has 4 rings (SSSR count). The first kappa shape index (κ1) is 21.2. The van der Waals surface area contributed by atoms with Gasteiger partial charge in [-0.25, -0.2) is 4.79 Å². The Morgan fingerprint density at radius 3 is 2.48 bits per heavy atom. The summed E-state index contributed by atoms with van der Waals surface area (Å²) in [5.41, 5.74) is 6.24. The second kappa shape index (κ2) is 10.3. The molecular weight excluding hydrogens is 402 g/mol. The molecule has 0 bridgehead atoms. The van der Waals surface area contributed by atoms with Crippen LogP contribution in [0.2, 0.25) is 0 Å². The number of fused-ring (bicyclic) bond motifs is 3. The van der Waals surface area contributed by atoms with Crippen molar-refractivity contribution in [3.63, 3.8) is 0 Å². The summed E-state index contributed by atoms with van der Waals surface area (Å²) >= 11 is 1.69. The smallest absolute Gasteiger partial charge is 0.407 e. The average Bonchev–Trinajstić information content (AvgIpc) is 3.38. The number of hydrogen-bond donors (Lipinski definition) is 1. The van der Waals surface area contributed by atoms with Gasteiger partial charge in [-0.3, -0.25) is 0 Å². The zero-order chi connectivity index (χ0) is 21.5. The van der Waals surface area contributed by atoms with E-state index in [1.807, 2.05) is 12.1 Å². The van der Waals surface area contributed by atoms with Crippen molar-refractivity contribution in [2.24, 2.45) is 0 Å². The van der Waals surface area contributed by atoms with Gasteiger partial charge < -0.3 is 10.1 Å². The molecule has 0 fully saturated rings. The van der Waals surface area contributed by atoms with Crippen LogP contribution in [0.5, 0.6) is 0 Å². The lowest BCUT2D eigenvalue weighted by Crippen LogP contribution is -2.26. The molecule has 0 saturated carbocycles. The van der Waals surface area contributed by atoms with E-state index < -0.39 is 0 Å². The van der Waals surface area contributed by atoms with E-state index in [1.54, 1.807) is 11.3 Å². The van der Waals surface area contributed by atoms with E-state index in [1.165, 1.54) is 40.7 Å². The topological polar surface area (TPSA) is 38.3 Å². The third-order valence-corrected chi connectivity index (χ3v) is 6.48. The van der Waals surface area contributed by atoms with Crippen molar-refractivity contribution in [2.45, 2.75) is 38.5 Å². The van der Waals surface area contributed by atoms with E-state index in [2.05, 4.69) is 71.9 Å². The number of nitrogens with one attached hydrogen (secondary N) is 1. The molecule has 1 aliphatic rings. The second-order valence-electron chi connectivity index (χ2n) is 7.68. The van der Waals surface area contributed by atoms with Crippen LogP contribution in [0, 0.1) is 11.8 Å². The minimum absolute atomic E-state index is 0.0818. The third-order valence-electron chi connectivity index (χ3n) is 5.61. The molecule has 1 aliphatic carbocycles. The van der Waals surface area contributed by atoms with Gasteiger partial charge in [0.25, 0.3) is 0 Å². The van der Waals surface area contributed by atoms with E-state index in [0.29, 0.717) is 19.6 Å². The Morgan fingerprint density at radius 2 is 1.77 bits per heavy atom. The fraction of sp³-hybridized carbons (Fsp3) is 0.296. The number of ether oxygens (including phenoxy) is 1. The number of amides is 1. The summed E-state index contributed by atoms with van der Waals surface area (Å²) in [5.74, 6) is 6.51. The van der Waals surface area contributed by atoms with Crippen molar-refractivity contribution < 1.29 is 9.53 Å². The van der Waals surface area contributed by atoms with Crippen molar-refractivity contribution in [1.82, 2.24) is 5.32 Å². The van der Waals surface area contributed by atoms with Gasteiger partial charge in [0, 0.05) is 18.9 Å². The molecule has 1 aromatic heterocycles. The summed E-state index contributed by atoms with van der Waals surface area (Å²) in [6.45, 7) is 3.02. The Hall–Kier alpha value is -3.03. The number of unbranched alkanes of at least 4 members (excludes halogenated alkanes) is 1. The molecule has 1 amide bonds. The van der Waals surface area contributed by atoms with Crippen molar-refractivity contribution in [3.8, 4) is 23.0 Å². The Kier molecular flexibility index (Phi) is 7.07. The van der Waals surface area contributed by atoms with Gasteiger partial charge in [0.05, 0.1) is 4.88 Å². The molecule has 3 aromatic rings. The Balaban J connectivity index is 1.26. The number of benzene rings is 2. The molecule has 31 heavy (non-hydrogen) atoms. The minimum atomic E-state index is -0.386. The summed E-state index contributed by atoms with van der Waals surface area (Å²) in [4.78, 5) is 13.4. The van der Waals surface area contributed by atoms with Gasteiger partial charge in [0.2, 0.25) is 0 Å². The maximum Gasteiger partial charge on any atom is 0.407 e. The average molecular weight is 430 g/mol. The lowest BCUT2D eigenvalue weighted by Gasteiger charge is -2.14. The molecule has 3 nitrogen and oxygen atoms in total. The highest BCUT2D eigenvalue weighted by atomic mass is 32.1. The maximum atomic E-state index is 12.2. The SMILES string of the molecule is CCCCc1ccsc1C#CCCNC(=O)OCC1c2ccccc2-c2ccccc21.